The molecule has 0 bridgehead atoms. The van der Waals surface area contributed by atoms with Crippen LogP contribution in [0.3, 0.4) is 0 Å². The summed E-state index contributed by atoms with van der Waals surface area (Å²) in [5, 5.41) is 7.56. The summed E-state index contributed by atoms with van der Waals surface area (Å²) in [6.45, 7) is 6.61. The zero-order chi connectivity index (χ0) is 19.5. The lowest BCUT2D eigenvalue weighted by atomic mass is 10.1. The molecule has 3 heterocycles. The molecule has 4 rings (SSSR count). The molecule has 1 aromatic carbocycles. The molecule has 3 aromatic rings. The van der Waals surface area contributed by atoms with Crippen LogP contribution in [0.25, 0.3) is 5.69 Å². The fourth-order valence-electron chi connectivity index (χ4n) is 3.88. The Balaban J connectivity index is 1.43. The summed E-state index contributed by atoms with van der Waals surface area (Å²) >= 11 is 0. The molecule has 1 fully saturated rings. The number of rotatable bonds is 6. The Labute approximate surface area is 165 Å². The van der Waals surface area contributed by atoms with E-state index in [1.165, 1.54) is 12.8 Å². The molecule has 0 unspecified atom stereocenters. The quantitative estimate of drug-likeness (QED) is 0.711. The van der Waals surface area contributed by atoms with Gasteiger partial charge in [0.1, 0.15) is 5.76 Å². The second-order valence-corrected chi connectivity index (χ2v) is 7.37. The maximum Gasteiger partial charge on any atom is 0.251 e. The van der Waals surface area contributed by atoms with E-state index in [9.17, 15) is 4.79 Å². The smallest absolute Gasteiger partial charge is 0.251 e. The minimum absolute atomic E-state index is 0.0735. The van der Waals surface area contributed by atoms with Crippen LogP contribution in [0.5, 0.6) is 0 Å². The number of nitrogens with one attached hydrogen (secondary N) is 1. The van der Waals surface area contributed by atoms with E-state index in [1.807, 2.05) is 61.0 Å². The van der Waals surface area contributed by atoms with Crippen LogP contribution in [-0.4, -0.2) is 40.2 Å². The fraction of sp³-hybridized carbons (Fsp3) is 0.364. The average molecular weight is 378 g/mol. The van der Waals surface area contributed by atoms with Gasteiger partial charge in [-0.2, -0.15) is 5.10 Å². The number of amides is 1. The Kier molecular flexibility index (Phi) is 5.30. The molecular weight excluding hydrogens is 352 g/mol. The number of hydrogen-bond acceptors (Lipinski definition) is 4. The number of likely N-dealkylation sites (tertiary alicyclic amines) is 1. The highest BCUT2D eigenvalue weighted by Gasteiger charge is 2.26. The van der Waals surface area contributed by atoms with Gasteiger partial charge in [0.05, 0.1) is 23.7 Å². The molecule has 0 saturated carbocycles. The average Bonchev–Trinajstić information content (AvgIpc) is 3.45. The number of hydrogen-bond donors (Lipinski definition) is 1. The van der Waals surface area contributed by atoms with Crippen molar-refractivity contribution in [1.82, 2.24) is 20.0 Å². The Hall–Kier alpha value is -2.86. The number of nitrogens with zero attached hydrogens (tertiary/aromatic N) is 3. The first kappa shape index (κ1) is 18.5. The minimum Gasteiger partial charge on any atom is -0.468 e. The van der Waals surface area contributed by atoms with Gasteiger partial charge in [0.15, 0.2) is 0 Å². The van der Waals surface area contributed by atoms with Gasteiger partial charge in [-0.3, -0.25) is 9.69 Å². The molecule has 0 radical (unpaired) electrons. The number of aryl methyl sites for hydroxylation is 2. The molecule has 1 aliphatic heterocycles. The zero-order valence-electron chi connectivity index (χ0n) is 16.4. The lowest BCUT2D eigenvalue weighted by molar-refractivity contribution is 0.0934. The number of furan rings is 1. The van der Waals surface area contributed by atoms with Gasteiger partial charge in [0.25, 0.3) is 5.91 Å². The Morgan fingerprint density at radius 3 is 2.54 bits per heavy atom. The highest BCUT2D eigenvalue weighted by molar-refractivity contribution is 5.94. The van der Waals surface area contributed by atoms with E-state index < -0.39 is 0 Å². The fourth-order valence-corrected chi connectivity index (χ4v) is 3.88. The predicted octanol–water partition coefficient (Wildman–Crippen LogP) is 3.65. The van der Waals surface area contributed by atoms with Gasteiger partial charge in [-0.05, 0) is 82.2 Å². The van der Waals surface area contributed by atoms with E-state index in [-0.39, 0.29) is 11.9 Å². The summed E-state index contributed by atoms with van der Waals surface area (Å²) in [6.07, 6.45) is 4.08. The Morgan fingerprint density at radius 2 is 1.93 bits per heavy atom. The molecule has 1 amide bonds. The third-order valence-electron chi connectivity index (χ3n) is 5.29. The monoisotopic (exact) mass is 378 g/mol. The molecule has 1 aliphatic rings. The van der Waals surface area contributed by atoms with Crippen molar-refractivity contribution in [2.75, 3.05) is 19.6 Å². The lowest BCUT2D eigenvalue weighted by Gasteiger charge is -2.26. The van der Waals surface area contributed by atoms with E-state index in [2.05, 4.69) is 15.3 Å². The number of aromatic nitrogens is 2. The van der Waals surface area contributed by atoms with Crippen molar-refractivity contribution >= 4 is 5.91 Å². The summed E-state index contributed by atoms with van der Waals surface area (Å²) < 4.78 is 7.51. The van der Waals surface area contributed by atoms with Crippen LogP contribution in [0.2, 0.25) is 0 Å². The lowest BCUT2D eigenvalue weighted by Crippen LogP contribution is -2.36. The Bertz CT molecular complexity index is 922. The second-order valence-electron chi connectivity index (χ2n) is 7.37. The van der Waals surface area contributed by atoms with E-state index in [4.69, 9.17) is 4.42 Å². The van der Waals surface area contributed by atoms with Crippen molar-refractivity contribution in [3.8, 4) is 5.69 Å². The first-order chi connectivity index (χ1) is 13.6. The SMILES string of the molecule is Cc1cc(C)n(-c2ccc(C(=O)NC[C@H](c3ccco3)N3CCCC3)cc2)n1. The summed E-state index contributed by atoms with van der Waals surface area (Å²) in [5.41, 5.74) is 3.64. The number of carbonyl (C=O) groups excluding carboxylic acids is 1. The zero-order valence-corrected chi connectivity index (χ0v) is 16.4. The summed E-state index contributed by atoms with van der Waals surface area (Å²) in [5.74, 6) is 0.831. The first-order valence-electron chi connectivity index (χ1n) is 9.81. The van der Waals surface area contributed by atoms with Crippen molar-refractivity contribution in [3.05, 3.63) is 71.4 Å². The van der Waals surface area contributed by atoms with Gasteiger partial charge in [0, 0.05) is 17.8 Å². The van der Waals surface area contributed by atoms with Gasteiger partial charge in [-0.25, -0.2) is 4.68 Å². The highest BCUT2D eigenvalue weighted by atomic mass is 16.3. The van der Waals surface area contributed by atoms with Crippen molar-refractivity contribution in [2.45, 2.75) is 32.7 Å². The molecule has 1 N–H and O–H groups in total. The van der Waals surface area contributed by atoms with Gasteiger partial charge < -0.3 is 9.73 Å². The third-order valence-corrected chi connectivity index (χ3v) is 5.29. The maximum absolute atomic E-state index is 12.7. The molecule has 6 heteroatoms. The van der Waals surface area contributed by atoms with Crippen LogP contribution < -0.4 is 5.32 Å². The molecular formula is C22H26N4O2. The van der Waals surface area contributed by atoms with Crippen molar-refractivity contribution in [1.29, 1.82) is 0 Å². The van der Waals surface area contributed by atoms with Gasteiger partial charge in [-0.15, -0.1) is 0 Å². The van der Waals surface area contributed by atoms with Crippen LogP contribution in [0.15, 0.2) is 53.1 Å². The molecule has 28 heavy (non-hydrogen) atoms. The van der Waals surface area contributed by atoms with Crippen molar-refractivity contribution in [2.24, 2.45) is 0 Å². The molecule has 1 atom stereocenters. The molecule has 1 saturated heterocycles. The standard InChI is InChI=1S/C22H26N4O2/c1-16-14-17(2)26(24-16)19-9-7-18(8-10-19)22(27)23-15-20(21-6-5-13-28-21)25-11-3-4-12-25/h5-10,13-14,20H,3-4,11-12,15H2,1-2H3,(H,23,27)/t20-/m1/s1. The predicted molar refractivity (Wildman–Crippen MR) is 108 cm³/mol. The van der Waals surface area contributed by atoms with Crippen LogP contribution in [-0.2, 0) is 0 Å². The van der Waals surface area contributed by atoms with Crippen LogP contribution in [0, 0.1) is 13.8 Å². The topological polar surface area (TPSA) is 63.3 Å². The van der Waals surface area contributed by atoms with Crippen LogP contribution in [0.1, 0.15) is 46.4 Å². The number of benzene rings is 1. The minimum atomic E-state index is -0.0735. The van der Waals surface area contributed by atoms with Crippen LogP contribution >= 0.6 is 0 Å². The summed E-state index contributed by atoms with van der Waals surface area (Å²) in [4.78, 5) is 15.0. The largest absolute Gasteiger partial charge is 0.468 e. The molecule has 6 nitrogen and oxygen atoms in total. The third kappa shape index (κ3) is 3.87. The highest BCUT2D eigenvalue weighted by Crippen LogP contribution is 2.25. The maximum atomic E-state index is 12.7. The Morgan fingerprint density at radius 1 is 1.18 bits per heavy atom. The van der Waals surface area contributed by atoms with Crippen molar-refractivity contribution in [3.63, 3.8) is 0 Å². The van der Waals surface area contributed by atoms with E-state index >= 15 is 0 Å². The number of carbonyl (C=O) groups is 1. The summed E-state index contributed by atoms with van der Waals surface area (Å²) in [6, 6.07) is 13.6. The van der Waals surface area contributed by atoms with Crippen molar-refractivity contribution < 1.29 is 9.21 Å². The molecule has 2 aromatic heterocycles. The van der Waals surface area contributed by atoms with E-state index in [0.29, 0.717) is 12.1 Å². The molecule has 146 valence electrons. The molecule has 0 spiro atoms. The normalized spacial score (nSPS) is 15.6. The van der Waals surface area contributed by atoms with Gasteiger partial charge >= 0.3 is 0 Å². The second kappa shape index (κ2) is 8.02. The van der Waals surface area contributed by atoms with Gasteiger partial charge in [-0.1, -0.05) is 0 Å². The first-order valence-corrected chi connectivity index (χ1v) is 9.81. The van der Waals surface area contributed by atoms with E-state index in [0.717, 1.165) is 35.9 Å². The van der Waals surface area contributed by atoms with Crippen LogP contribution in [0.4, 0.5) is 0 Å². The van der Waals surface area contributed by atoms with Gasteiger partial charge in [0.2, 0.25) is 0 Å². The van der Waals surface area contributed by atoms with E-state index in [1.54, 1.807) is 6.26 Å². The summed E-state index contributed by atoms with van der Waals surface area (Å²) in [7, 11) is 0. The molecule has 0 aliphatic carbocycles.